The third kappa shape index (κ3) is 4.73. The van der Waals surface area contributed by atoms with E-state index in [2.05, 4.69) is 27.5 Å². The number of aromatic nitrogens is 1. The molecule has 0 bridgehead atoms. The van der Waals surface area contributed by atoms with Gasteiger partial charge in [-0.25, -0.2) is 4.98 Å². The van der Waals surface area contributed by atoms with Crippen LogP contribution in [0.2, 0.25) is 0 Å². The molecule has 0 radical (unpaired) electrons. The van der Waals surface area contributed by atoms with Crippen molar-refractivity contribution in [3.05, 3.63) is 17.8 Å². The largest absolute Gasteiger partial charge is 0.368 e. The average molecular weight is 291 g/mol. The molecule has 6 heteroatoms. The first-order valence-electron chi connectivity index (χ1n) is 7.38. The van der Waals surface area contributed by atoms with Crippen LogP contribution in [0.5, 0.6) is 0 Å². The number of pyridine rings is 1. The molecular formula is C15H25N5O. The van der Waals surface area contributed by atoms with Crippen LogP contribution >= 0.6 is 0 Å². The Kier molecular flexibility index (Phi) is 7.21. The summed E-state index contributed by atoms with van der Waals surface area (Å²) >= 11 is 0. The fourth-order valence-electron chi connectivity index (χ4n) is 1.90. The molecule has 0 saturated carbocycles. The number of nitrogens with one attached hydrogen (secondary N) is 2. The van der Waals surface area contributed by atoms with Crippen LogP contribution in [-0.4, -0.2) is 48.8 Å². The van der Waals surface area contributed by atoms with Gasteiger partial charge in [0.1, 0.15) is 5.82 Å². The number of rotatable bonds is 8. The van der Waals surface area contributed by atoms with Crippen molar-refractivity contribution >= 4 is 23.8 Å². The van der Waals surface area contributed by atoms with Crippen molar-refractivity contribution in [2.75, 3.05) is 37.3 Å². The Hall–Kier alpha value is -2.11. The summed E-state index contributed by atoms with van der Waals surface area (Å²) in [6.07, 6.45) is 4.20. The van der Waals surface area contributed by atoms with Gasteiger partial charge in [-0.2, -0.15) is 0 Å². The molecule has 0 spiro atoms. The van der Waals surface area contributed by atoms with Gasteiger partial charge in [0.05, 0.1) is 17.6 Å². The normalized spacial score (nSPS) is 10.7. The number of carbonyl (C=O) groups is 1. The Morgan fingerprint density at radius 3 is 2.67 bits per heavy atom. The second kappa shape index (κ2) is 8.94. The molecule has 1 amide bonds. The number of hydrogen-bond acceptors (Lipinski definition) is 4. The van der Waals surface area contributed by atoms with E-state index in [9.17, 15) is 4.79 Å². The summed E-state index contributed by atoms with van der Waals surface area (Å²) in [6.45, 7) is 8.22. The van der Waals surface area contributed by atoms with Gasteiger partial charge in [0.2, 0.25) is 0 Å². The summed E-state index contributed by atoms with van der Waals surface area (Å²) < 4.78 is 0. The van der Waals surface area contributed by atoms with E-state index >= 15 is 0 Å². The average Bonchev–Trinajstić information content (AvgIpc) is 2.52. The van der Waals surface area contributed by atoms with E-state index in [1.807, 2.05) is 19.9 Å². The third-order valence-corrected chi connectivity index (χ3v) is 3.08. The first-order valence-corrected chi connectivity index (χ1v) is 7.38. The van der Waals surface area contributed by atoms with E-state index in [1.54, 1.807) is 24.5 Å². The first kappa shape index (κ1) is 16.9. The molecular weight excluding hydrogens is 266 g/mol. The zero-order chi connectivity index (χ0) is 15.7. The molecule has 0 atom stereocenters. The van der Waals surface area contributed by atoms with Crippen molar-refractivity contribution in [1.29, 1.82) is 0 Å². The zero-order valence-corrected chi connectivity index (χ0v) is 13.3. The maximum Gasteiger partial charge on any atom is 0.255 e. The molecule has 1 heterocycles. The number of amides is 1. The summed E-state index contributed by atoms with van der Waals surface area (Å²) in [5.41, 5.74) is 1.33. The van der Waals surface area contributed by atoms with E-state index < -0.39 is 0 Å². The van der Waals surface area contributed by atoms with Crippen molar-refractivity contribution < 1.29 is 4.79 Å². The Balaban J connectivity index is 3.04. The van der Waals surface area contributed by atoms with Gasteiger partial charge in [-0.1, -0.05) is 6.92 Å². The maximum atomic E-state index is 12.4. The highest BCUT2D eigenvalue weighted by atomic mass is 16.2. The predicted molar refractivity (Wildman–Crippen MR) is 88.3 cm³/mol. The van der Waals surface area contributed by atoms with Crippen LogP contribution in [0.15, 0.2) is 17.3 Å². The van der Waals surface area contributed by atoms with Crippen molar-refractivity contribution in [2.24, 2.45) is 4.99 Å². The summed E-state index contributed by atoms with van der Waals surface area (Å²) in [5, 5.41) is 6.29. The molecule has 1 aromatic rings. The molecule has 0 aliphatic heterocycles. The van der Waals surface area contributed by atoms with Gasteiger partial charge in [-0.05, 0) is 26.3 Å². The van der Waals surface area contributed by atoms with Crippen LogP contribution in [0.1, 0.15) is 37.6 Å². The van der Waals surface area contributed by atoms with Gasteiger partial charge in [0.25, 0.3) is 5.91 Å². The smallest absolute Gasteiger partial charge is 0.255 e. The van der Waals surface area contributed by atoms with E-state index in [4.69, 9.17) is 0 Å². The minimum atomic E-state index is -0.00831. The Morgan fingerprint density at radius 2 is 2.10 bits per heavy atom. The summed E-state index contributed by atoms with van der Waals surface area (Å²) in [5.74, 6) is 0.721. The summed E-state index contributed by atoms with van der Waals surface area (Å²) in [6, 6.07) is 1.81. The fourth-order valence-corrected chi connectivity index (χ4v) is 1.90. The molecule has 21 heavy (non-hydrogen) atoms. The van der Waals surface area contributed by atoms with Crippen molar-refractivity contribution in [2.45, 2.75) is 27.2 Å². The molecule has 0 aliphatic carbocycles. The third-order valence-electron chi connectivity index (χ3n) is 3.08. The zero-order valence-electron chi connectivity index (χ0n) is 13.3. The monoisotopic (exact) mass is 291 g/mol. The lowest BCUT2D eigenvalue weighted by Crippen LogP contribution is -2.30. The molecule has 0 aliphatic rings. The summed E-state index contributed by atoms with van der Waals surface area (Å²) in [4.78, 5) is 22.4. The van der Waals surface area contributed by atoms with Crippen LogP contribution in [0.4, 0.5) is 11.5 Å². The van der Waals surface area contributed by atoms with Crippen LogP contribution in [0, 0.1) is 0 Å². The van der Waals surface area contributed by atoms with Gasteiger partial charge < -0.3 is 15.5 Å². The van der Waals surface area contributed by atoms with Gasteiger partial charge in [-0.3, -0.25) is 9.79 Å². The van der Waals surface area contributed by atoms with Crippen molar-refractivity contribution in [3.8, 4) is 0 Å². The minimum Gasteiger partial charge on any atom is -0.368 e. The standard InChI is InChI=1S/C15H25N5O/c1-5-8-17-14-13(19-11-16-4)9-12(10-18-14)15(21)20(6-2)7-3/h9-11H,5-8H2,1-4H3,(H,16,19)(H,17,18). The van der Waals surface area contributed by atoms with E-state index in [0.29, 0.717) is 18.7 Å². The van der Waals surface area contributed by atoms with Gasteiger partial charge in [-0.15, -0.1) is 0 Å². The van der Waals surface area contributed by atoms with Crippen molar-refractivity contribution in [3.63, 3.8) is 0 Å². The minimum absolute atomic E-state index is 0.00831. The van der Waals surface area contributed by atoms with Gasteiger partial charge >= 0.3 is 0 Å². The number of nitrogens with zero attached hydrogens (tertiary/aromatic N) is 3. The van der Waals surface area contributed by atoms with E-state index in [-0.39, 0.29) is 5.91 Å². The number of anilines is 2. The number of hydrogen-bond donors (Lipinski definition) is 2. The molecule has 1 rings (SSSR count). The number of carbonyl (C=O) groups excluding carboxylic acids is 1. The second-order valence-electron chi connectivity index (χ2n) is 4.56. The van der Waals surface area contributed by atoms with Crippen LogP contribution in [0.25, 0.3) is 0 Å². The van der Waals surface area contributed by atoms with Crippen LogP contribution in [0.3, 0.4) is 0 Å². The molecule has 0 aromatic carbocycles. The molecule has 6 nitrogen and oxygen atoms in total. The van der Waals surface area contributed by atoms with Crippen LogP contribution < -0.4 is 10.6 Å². The maximum absolute atomic E-state index is 12.4. The molecule has 1 aromatic heterocycles. The molecule has 0 unspecified atom stereocenters. The highest BCUT2D eigenvalue weighted by Crippen LogP contribution is 2.20. The fraction of sp³-hybridized carbons (Fsp3) is 0.533. The highest BCUT2D eigenvalue weighted by Gasteiger charge is 2.15. The van der Waals surface area contributed by atoms with E-state index in [0.717, 1.165) is 24.5 Å². The topological polar surface area (TPSA) is 69.6 Å². The second-order valence-corrected chi connectivity index (χ2v) is 4.56. The highest BCUT2D eigenvalue weighted by molar-refractivity contribution is 5.96. The van der Waals surface area contributed by atoms with Gasteiger partial charge in [0, 0.05) is 32.9 Å². The van der Waals surface area contributed by atoms with Crippen molar-refractivity contribution in [1.82, 2.24) is 9.88 Å². The molecule has 2 N–H and O–H groups in total. The Bertz CT molecular complexity index is 483. The first-order chi connectivity index (χ1) is 10.2. The van der Waals surface area contributed by atoms with Gasteiger partial charge in [0.15, 0.2) is 0 Å². The molecule has 0 saturated heterocycles. The quantitative estimate of drug-likeness (QED) is 0.570. The Morgan fingerprint density at radius 1 is 1.38 bits per heavy atom. The predicted octanol–water partition coefficient (Wildman–Crippen LogP) is 2.46. The lowest BCUT2D eigenvalue weighted by Gasteiger charge is -2.19. The molecule has 0 fully saturated rings. The number of aliphatic imine (C=N–C) groups is 1. The lowest BCUT2D eigenvalue weighted by atomic mass is 10.2. The van der Waals surface area contributed by atoms with Crippen LogP contribution in [-0.2, 0) is 0 Å². The molecule has 116 valence electrons. The summed E-state index contributed by atoms with van der Waals surface area (Å²) in [7, 11) is 1.68. The SMILES string of the molecule is CCCNc1ncc(C(=O)N(CC)CC)cc1NC=NC. The lowest BCUT2D eigenvalue weighted by molar-refractivity contribution is 0.0772. The Labute approximate surface area is 126 Å². The van der Waals surface area contributed by atoms with E-state index in [1.165, 1.54) is 0 Å².